The van der Waals surface area contributed by atoms with Gasteiger partial charge in [0.1, 0.15) is 11.9 Å². The molecule has 0 saturated heterocycles. The lowest BCUT2D eigenvalue weighted by Crippen LogP contribution is -2.22. The van der Waals surface area contributed by atoms with Crippen molar-refractivity contribution in [2.24, 2.45) is 11.1 Å². The van der Waals surface area contributed by atoms with E-state index in [0.29, 0.717) is 0 Å². The lowest BCUT2D eigenvalue weighted by Gasteiger charge is -2.17. The predicted octanol–water partition coefficient (Wildman–Crippen LogP) is 2.44. The first-order chi connectivity index (χ1) is 9.04. The molecule has 0 aliphatic heterocycles. The van der Waals surface area contributed by atoms with Crippen molar-refractivity contribution in [3.63, 3.8) is 0 Å². The lowest BCUT2D eigenvalue weighted by molar-refractivity contribution is 0.0232. The summed E-state index contributed by atoms with van der Waals surface area (Å²) in [6.07, 6.45) is -0.427. The fourth-order valence-electron chi connectivity index (χ4n) is 1.27. The minimum absolute atomic E-state index is 0.0500. The number of halogens is 2. The van der Waals surface area contributed by atoms with Crippen LogP contribution in [0.1, 0.15) is 31.1 Å². The second-order valence-electron chi connectivity index (χ2n) is 4.66. The third-order valence-electron chi connectivity index (χ3n) is 2.78. The summed E-state index contributed by atoms with van der Waals surface area (Å²) in [7, 11) is -4.07. The SMILES string of the molecule is CC(C)C(C)OC(=O)c1cc(S(N)(=O)=O)c(Br)cc1F. The van der Waals surface area contributed by atoms with Crippen LogP contribution in [0.15, 0.2) is 21.5 Å². The molecule has 0 fully saturated rings. The fraction of sp³-hybridized carbons (Fsp3) is 0.417. The number of carbonyl (C=O) groups excluding carboxylic acids is 1. The number of primary sulfonamides is 1. The van der Waals surface area contributed by atoms with Crippen molar-refractivity contribution in [2.45, 2.75) is 31.8 Å². The molecule has 0 aliphatic rings. The summed E-state index contributed by atoms with van der Waals surface area (Å²) < 4.78 is 41.4. The number of nitrogens with two attached hydrogens (primary N) is 1. The zero-order valence-electron chi connectivity index (χ0n) is 11.2. The summed E-state index contributed by atoms with van der Waals surface area (Å²) in [5.41, 5.74) is -0.468. The van der Waals surface area contributed by atoms with Crippen molar-refractivity contribution in [3.05, 3.63) is 28.0 Å². The largest absolute Gasteiger partial charge is 0.459 e. The molecule has 5 nitrogen and oxygen atoms in total. The van der Waals surface area contributed by atoms with E-state index in [1.165, 1.54) is 0 Å². The fourth-order valence-corrected chi connectivity index (χ4v) is 2.88. The van der Waals surface area contributed by atoms with Crippen molar-refractivity contribution >= 4 is 31.9 Å². The molecular formula is C12H15BrFNO4S. The second kappa shape index (κ2) is 6.19. The van der Waals surface area contributed by atoms with Crippen molar-refractivity contribution in [3.8, 4) is 0 Å². The monoisotopic (exact) mass is 367 g/mol. The molecule has 2 N–H and O–H groups in total. The van der Waals surface area contributed by atoms with E-state index in [-0.39, 0.29) is 15.3 Å². The molecular weight excluding hydrogens is 353 g/mol. The van der Waals surface area contributed by atoms with Crippen molar-refractivity contribution < 1.29 is 22.3 Å². The van der Waals surface area contributed by atoms with Gasteiger partial charge < -0.3 is 4.74 Å². The Kier molecular flexibility index (Phi) is 5.28. The van der Waals surface area contributed by atoms with Crippen LogP contribution < -0.4 is 5.14 Å². The Morgan fingerprint density at radius 2 is 1.90 bits per heavy atom. The zero-order chi connectivity index (χ0) is 15.7. The smallest absolute Gasteiger partial charge is 0.341 e. The van der Waals surface area contributed by atoms with E-state index < -0.39 is 33.5 Å². The molecule has 0 heterocycles. The van der Waals surface area contributed by atoms with E-state index in [1.807, 2.05) is 13.8 Å². The highest BCUT2D eigenvalue weighted by molar-refractivity contribution is 9.10. The number of ether oxygens (including phenoxy) is 1. The summed E-state index contributed by atoms with van der Waals surface area (Å²) in [4.78, 5) is 11.5. The van der Waals surface area contributed by atoms with Crippen molar-refractivity contribution in [2.75, 3.05) is 0 Å². The normalized spacial score (nSPS) is 13.3. The molecule has 20 heavy (non-hydrogen) atoms. The quantitative estimate of drug-likeness (QED) is 0.827. The number of sulfonamides is 1. The number of benzene rings is 1. The Bertz CT molecular complexity index is 631. The highest BCUT2D eigenvalue weighted by atomic mass is 79.9. The minimum Gasteiger partial charge on any atom is -0.459 e. The maximum atomic E-state index is 13.8. The van der Waals surface area contributed by atoms with Gasteiger partial charge in [-0.05, 0) is 40.9 Å². The molecule has 0 amide bonds. The van der Waals surface area contributed by atoms with Crippen LogP contribution in [0, 0.1) is 11.7 Å². The molecule has 0 aliphatic carbocycles. The van der Waals surface area contributed by atoms with Crippen LogP contribution in [0.3, 0.4) is 0 Å². The molecule has 0 aromatic heterocycles. The summed E-state index contributed by atoms with van der Waals surface area (Å²) in [6, 6.07) is 1.74. The zero-order valence-corrected chi connectivity index (χ0v) is 13.6. The van der Waals surface area contributed by atoms with Gasteiger partial charge in [0.25, 0.3) is 0 Å². The highest BCUT2D eigenvalue weighted by Crippen LogP contribution is 2.25. The first kappa shape index (κ1) is 17.1. The topological polar surface area (TPSA) is 86.5 Å². The van der Waals surface area contributed by atoms with Crippen LogP contribution in [0.4, 0.5) is 4.39 Å². The number of esters is 1. The van der Waals surface area contributed by atoms with Crippen LogP contribution in [0.25, 0.3) is 0 Å². The maximum absolute atomic E-state index is 13.8. The van der Waals surface area contributed by atoms with Crippen LogP contribution in [0.5, 0.6) is 0 Å². The van der Waals surface area contributed by atoms with Gasteiger partial charge in [-0.25, -0.2) is 22.7 Å². The summed E-state index contributed by atoms with van der Waals surface area (Å²) in [5, 5.41) is 4.99. The highest BCUT2D eigenvalue weighted by Gasteiger charge is 2.23. The average molecular weight is 368 g/mol. The average Bonchev–Trinajstić information content (AvgIpc) is 2.26. The summed E-state index contributed by atoms with van der Waals surface area (Å²) >= 11 is 2.89. The number of carbonyl (C=O) groups is 1. The van der Waals surface area contributed by atoms with Gasteiger partial charge in [0, 0.05) is 4.47 Å². The van der Waals surface area contributed by atoms with E-state index in [9.17, 15) is 17.6 Å². The molecule has 112 valence electrons. The van der Waals surface area contributed by atoms with Crippen molar-refractivity contribution in [1.82, 2.24) is 0 Å². The number of hydrogen-bond acceptors (Lipinski definition) is 4. The van der Waals surface area contributed by atoms with Crippen molar-refractivity contribution in [1.29, 1.82) is 0 Å². The first-order valence-corrected chi connectivity index (χ1v) is 8.10. The van der Waals surface area contributed by atoms with Gasteiger partial charge in [0.05, 0.1) is 10.5 Å². The third kappa shape index (κ3) is 4.00. The minimum atomic E-state index is -4.07. The van der Waals surface area contributed by atoms with Gasteiger partial charge in [-0.3, -0.25) is 0 Å². The summed E-state index contributed by atoms with van der Waals surface area (Å²) in [5.74, 6) is -1.76. The predicted molar refractivity (Wildman–Crippen MR) is 75.2 cm³/mol. The molecule has 0 bridgehead atoms. The molecule has 0 radical (unpaired) electrons. The van der Waals surface area contributed by atoms with Crippen LogP contribution in [0.2, 0.25) is 0 Å². The molecule has 8 heteroatoms. The molecule has 1 unspecified atom stereocenters. The standard InChI is InChI=1S/C12H15BrFNO4S/c1-6(2)7(3)19-12(16)8-4-11(20(15,17)18)9(13)5-10(8)14/h4-7H,1-3H3,(H2,15,17,18). The van der Waals surface area contributed by atoms with Crippen LogP contribution in [-0.4, -0.2) is 20.5 Å². The van der Waals surface area contributed by atoms with E-state index in [4.69, 9.17) is 9.88 Å². The van der Waals surface area contributed by atoms with E-state index in [2.05, 4.69) is 15.9 Å². The second-order valence-corrected chi connectivity index (χ2v) is 7.05. The first-order valence-electron chi connectivity index (χ1n) is 5.77. The Morgan fingerprint density at radius 3 is 2.35 bits per heavy atom. The lowest BCUT2D eigenvalue weighted by atomic mass is 10.1. The maximum Gasteiger partial charge on any atom is 0.341 e. The molecule has 0 spiro atoms. The molecule has 1 aromatic carbocycles. The van der Waals surface area contributed by atoms with Crippen LogP contribution in [-0.2, 0) is 14.8 Å². The van der Waals surface area contributed by atoms with Gasteiger partial charge in [-0.2, -0.15) is 0 Å². The number of rotatable bonds is 4. The molecule has 1 aromatic rings. The van der Waals surface area contributed by atoms with Gasteiger partial charge in [0.2, 0.25) is 10.0 Å². The Balaban J connectivity index is 3.22. The molecule has 1 rings (SSSR count). The third-order valence-corrected chi connectivity index (χ3v) is 4.65. The Hall–Kier alpha value is -0.990. The van der Waals surface area contributed by atoms with Gasteiger partial charge in [0.15, 0.2) is 0 Å². The van der Waals surface area contributed by atoms with E-state index in [1.54, 1.807) is 6.92 Å². The molecule has 0 saturated carbocycles. The Morgan fingerprint density at radius 1 is 1.35 bits per heavy atom. The van der Waals surface area contributed by atoms with Gasteiger partial charge in [-0.1, -0.05) is 13.8 Å². The number of hydrogen-bond donors (Lipinski definition) is 1. The van der Waals surface area contributed by atoms with Gasteiger partial charge in [-0.15, -0.1) is 0 Å². The summed E-state index contributed by atoms with van der Waals surface area (Å²) in [6.45, 7) is 5.34. The van der Waals surface area contributed by atoms with E-state index in [0.717, 1.165) is 12.1 Å². The molecule has 1 atom stereocenters. The van der Waals surface area contributed by atoms with Crippen LogP contribution >= 0.6 is 15.9 Å². The van der Waals surface area contributed by atoms with Gasteiger partial charge >= 0.3 is 5.97 Å². The Labute approximate surface area is 125 Å². The van der Waals surface area contributed by atoms with E-state index >= 15 is 0 Å².